The van der Waals surface area contributed by atoms with Crippen molar-refractivity contribution in [3.05, 3.63) is 22.7 Å². The minimum Gasteiger partial charge on any atom is 0 e. The Kier molecular flexibility index (Phi) is 5.40. The van der Waals surface area contributed by atoms with Crippen LogP contribution in [0.3, 0.4) is 0 Å². The number of halogens is 2. The Morgan fingerprint density at radius 1 is 1.47 bits per heavy atom. The normalized spacial score (nSPS) is 26.9. The molecular weight excluding hydrogens is 420 g/mol. The van der Waals surface area contributed by atoms with E-state index in [0.29, 0.717) is 0 Å². The van der Waals surface area contributed by atoms with Gasteiger partial charge in [-0.1, -0.05) is 0 Å². The number of nitrogens with zero attached hydrogens (tertiary/aromatic N) is 2. The molecule has 0 saturated heterocycles. The zero-order chi connectivity index (χ0) is 10.3. The van der Waals surface area contributed by atoms with Gasteiger partial charge in [0, 0.05) is 29.6 Å². The Hall–Kier alpha value is 1.63. The molecule has 0 saturated carbocycles. The molecule has 73 valence electrons. The van der Waals surface area contributed by atoms with Crippen molar-refractivity contribution < 1.29 is 0 Å². The summed E-state index contributed by atoms with van der Waals surface area (Å²) in [6, 6.07) is 0. The van der Waals surface area contributed by atoms with Gasteiger partial charge < -0.3 is 0 Å². The van der Waals surface area contributed by atoms with Crippen molar-refractivity contribution >= 4 is 100 Å². The average molecular weight is 424 g/mol. The Labute approximate surface area is 140 Å². The number of hydrogen-bond donors (Lipinski definition) is 0. The first kappa shape index (κ1) is 14.7. The fourth-order valence-corrected chi connectivity index (χ4v) is 3.42. The Morgan fingerprint density at radius 2 is 2.13 bits per heavy atom. The molecule has 7 heteroatoms. The van der Waals surface area contributed by atoms with Gasteiger partial charge >= 0.3 is 113 Å². The molecule has 2 aliphatic rings. The van der Waals surface area contributed by atoms with E-state index < -0.39 is 3.34 Å². The molecule has 3 radical (unpaired) electrons. The molecule has 1 atom stereocenters. The second kappa shape index (κ2) is 5.51. The third kappa shape index (κ3) is 3.09. The largest absolute Gasteiger partial charge is 0 e. The molecular formula is C8H4BrClN2NaSe2. The molecule has 1 aliphatic heterocycles. The van der Waals surface area contributed by atoms with Gasteiger partial charge in [-0.05, 0) is 0 Å². The molecule has 0 spiro atoms. The SMILES string of the molecule is ClC1=NC([Se])([Se])C2C=CC=C(Br)C2=N1.[Na]. The van der Waals surface area contributed by atoms with Crippen LogP contribution in [-0.4, -0.2) is 75.9 Å². The number of rotatable bonds is 0. The molecule has 0 aromatic rings. The van der Waals surface area contributed by atoms with E-state index in [9.17, 15) is 0 Å². The molecule has 15 heavy (non-hydrogen) atoms. The van der Waals surface area contributed by atoms with E-state index in [1.165, 1.54) is 0 Å². The van der Waals surface area contributed by atoms with Crippen LogP contribution in [0.2, 0.25) is 0 Å². The van der Waals surface area contributed by atoms with Gasteiger partial charge in [-0.3, -0.25) is 0 Å². The van der Waals surface area contributed by atoms with Gasteiger partial charge in [0.1, 0.15) is 0 Å². The molecule has 1 heterocycles. The summed E-state index contributed by atoms with van der Waals surface area (Å²) in [5.41, 5.74) is 0.907. The quantitative estimate of drug-likeness (QED) is 0.411. The van der Waals surface area contributed by atoms with Crippen molar-refractivity contribution in [3.8, 4) is 0 Å². The number of amidine groups is 1. The van der Waals surface area contributed by atoms with Crippen molar-refractivity contribution in [2.75, 3.05) is 0 Å². The number of aliphatic imine (C=N–C) groups is 2. The van der Waals surface area contributed by atoms with Crippen molar-refractivity contribution in [1.82, 2.24) is 0 Å². The van der Waals surface area contributed by atoms with Crippen LogP contribution in [-0.2, 0) is 0 Å². The zero-order valence-corrected chi connectivity index (χ0v) is 15.5. The Morgan fingerprint density at radius 3 is 2.80 bits per heavy atom. The van der Waals surface area contributed by atoms with E-state index in [4.69, 9.17) is 11.6 Å². The van der Waals surface area contributed by atoms with Gasteiger partial charge in [0.05, 0.1) is 0 Å². The van der Waals surface area contributed by atoms with Gasteiger partial charge in [-0.25, -0.2) is 0 Å². The Balaban J connectivity index is 0.00000112. The van der Waals surface area contributed by atoms with Crippen LogP contribution in [0, 0.1) is 5.92 Å². The summed E-state index contributed by atoms with van der Waals surface area (Å²) in [4.78, 5) is 8.42. The first-order valence-electron chi connectivity index (χ1n) is 3.80. The average Bonchev–Trinajstić information content (AvgIpc) is 2.05. The maximum Gasteiger partial charge on any atom is 0 e. The topological polar surface area (TPSA) is 24.7 Å². The van der Waals surface area contributed by atoms with Crippen molar-refractivity contribution in [2.45, 2.75) is 3.34 Å². The minimum atomic E-state index is -0.460. The van der Waals surface area contributed by atoms with E-state index in [0.717, 1.165) is 10.2 Å². The van der Waals surface area contributed by atoms with E-state index >= 15 is 0 Å². The standard InChI is InChI=1S/C8H4BrClN2Se2.Na/c9-5-3-1-2-4-6(5)11-7(10)12-8(4,13)14;/h1-4H;. The summed E-state index contributed by atoms with van der Waals surface area (Å²) in [6.45, 7) is 0. The molecule has 2 rings (SSSR count). The molecule has 0 aromatic heterocycles. The summed E-state index contributed by atoms with van der Waals surface area (Å²) < 4.78 is 0.491. The number of fused-ring (bicyclic) bond motifs is 1. The third-order valence-electron chi connectivity index (χ3n) is 1.94. The molecule has 0 N–H and O–H groups in total. The second-order valence-electron chi connectivity index (χ2n) is 2.89. The van der Waals surface area contributed by atoms with E-state index in [2.05, 4.69) is 57.9 Å². The van der Waals surface area contributed by atoms with Crippen molar-refractivity contribution in [2.24, 2.45) is 15.9 Å². The summed E-state index contributed by atoms with van der Waals surface area (Å²) in [7, 11) is 0. The van der Waals surface area contributed by atoms with Crippen LogP contribution in [0.25, 0.3) is 0 Å². The van der Waals surface area contributed by atoms with Gasteiger partial charge in [0.2, 0.25) is 0 Å². The first-order chi connectivity index (χ1) is 6.50. The summed E-state index contributed by atoms with van der Waals surface area (Å²) in [5, 5.41) is 0.273. The monoisotopic (exact) mass is 425 g/mol. The van der Waals surface area contributed by atoms with Gasteiger partial charge in [0.25, 0.3) is 0 Å². The van der Waals surface area contributed by atoms with Crippen LogP contribution >= 0.6 is 27.5 Å². The number of allylic oxidation sites excluding steroid dienone is 3. The van der Waals surface area contributed by atoms with E-state index in [1.54, 1.807) is 0 Å². The van der Waals surface area contributed by atoms with Crippen LogP contribution in [0.5, 0.6) is 0 Å². The maximum atomic E-state index is 5.84. The first-order valence-corrected chi connectivity index (χ1v) is 6.68. The minimum absolute atomic E-state index is 0. The summed E-state index contributed by atoms with van der Waals surface area (Å²) in [6.07, 6.45) is 5.97. The maximum absolute atomic E-state index is 5.84. The molecule has 1 unspecified atom stereocenters. The second-order valence-corrected chi connectivity index (χ2v) is 8.00. The van der Waals surface area contributed by atoms with E-state index in [1.807, 2.05) is 18.2 Å². The predicted octanol–water partition coefficient (Wildman–Crippen LogP) is 1.11. The zero-order valence-electron chi connectivity index (χ0n) is 7.78. The molecule has 1 aliphatic carbocycles. The van der Waals surface area contributed by atoms with Gasteiger partial charge in [-0.15, -0.1) is 0 Å². The van der Waals surface area contributed by atoms with Gasteiger partial charge in [0.15, 0.2) is 0 Å². The summed E-state index contributed by atoms with van der Waals surface area (Å²) >= 11 is 15.3. The molecule has 0 fully saturated rings. The smallest absolute Gasteiger partial charge is 0 e. The molecule has 0 bridgehead atoms. The summed E-state index contributed by atoms with van der Waals surface area (Å²) in [5.74, 6) is 0.101. The third-order valence-corrected chi connectivity index (χ3v) is 4.23. The Bertz CT molecular complexity index is 403. The van der Waals surface area contributed by atoms with Crippen LogP contribution in [0.4, 0.5) is 0 Å². The molecule has 0 amide bonds. The molecule has 0 aromatic carbocycles. The van der Waals surface area contributed by atoms with Gasteiger partial charge in [-0.2, -0.15) is 0 Å². The van der Waals surface area contributed by atoms with Crippen LogP contribution < -0.4 is 0 Å². The van der Waals surface area contributed by atoms with E-state index in [-0.39, 0.29) is 40.8 Å². The fraction of sp³-hybridized carbons (Fsp3) is 0.250. The van der Waals surface area contributed by atoms with Crippen molar-refractivity contribution in [1.29, 1.82) is 0 Å². The predicted molar refractivity (Wildman–Crippen MR) is 70.4 cm³/mol. The number of hydrogen-bond acceptors (Lipinski definition) is 2. The fourth-order valence-electron chi connectivity index (χ4n) is 1.32. The molecule has 2 nitrogen and oxygen atoms in total. The van der Waals surface area contributed by atoms with Crippen molar-refractivity contribution in [3.63, 3.8) is 0 Å². The van der Waals surface area contributed by atoms with Crippen LogP contribution in [0.15, 0.2) is 32.7 Å². The van der Waals surface area contributed by atoms with Crippen LogP contribution in [0.1, 0.15) is 0 Å².